The van der Waals surface area contributed by atoms with E-state index in [-0.39, 0.29) is 0 Å². The van der Waals surface area contributed by atoms with Crippen LogP contribution in [-0.4, -0.2) is 47.6 Å². The third-order valence-electron chi connectivity index (χ3n) is 6.11. The van der Waals surface area contributed by atoms with E-state index in [2.05, 4.69) is 16.7 Å². The van der Waals surface area contributed by atoms with Crippen LogP contribution in [0.25, 0.3) is 0 Å². The van der Waals surface area contributed by atoms with Crippen molar-refractivity contribution in [3.05, 3.63) is 0 Å². The van der Waals surface area contributed by atoms with Crippen molar-refractivity contribution in [3.8, 4) is 0 Å². The summed E-state index contributed by atoms with van der Waals surface area (Å²) in [4.78, 5) is 5.67. The van der Waals surface area contributed by atoms with Crippen LogP contribution in [-0.2, 0) is 0 Å². The molecule has 0 aromatic rings. The summed E-state index contributed by atoms with van der Waals surface area (Å²) in [5.41, 5.74) is 0. The minimum atomic E-state index is 0.814. The van der Waals surface area contributed by atoms with Gasteiger partial charge in [-0.15, -0.1) is 0 Å². The molecule has 0 aromatic heterocycles. The number of nitrogens with zero attached hydrogens (tertiary/aromatic N) is 2. The van der Waals surface area contributed by atoms with Gasteiger partial charge in [0.25, 0.3) is 0 Å². The molecule has 2 heterocycles. The molecule has 2 aliphatic carbocycles. The van der Waals surface area contributed by atoms with Crippen molar-refractivity contribution in [2.75, 3.05) is 19.6 Å². The molecule has 2 saturated heterocycles. The van der Waals surface area contributed by atoms with Gasteiger partial charge in [0.15, 0.2) is 0 Å². The van der Waals surface area contributed by atoms with Crippen molar-refractivity contribution in [1.82, 2.24) is 9.80 Å². The van der Waals surface area contributed by atoms with E-state index in [1.54, 1.807) is 12.8 Å². The number of rotatable bonds is 1. The zero-order valence-electron chi connectivity index (χ0n) is 11.1. The van der Waals surface area contributed by atoms with Crippen molar-refractivity contribution in [3.63, 3.8) is 0 Å². The third-order valence-corrected chi connectivity index (χ3v) is 6.11. The Labute approximate surface area is 105 Å². The molecule has 17 heavy (non-hydrogen) atoms. The van der Waals surface area contributed by atoms with Gasteiger partial charge in [0, 0.05) is 31.2 Å². The quantitative estimate of drug-likeness (QED) is 0.687. The van der Waals surface area contributed by atoms with Crippen molar-refractivity contribution >= 4 is 0 Å². The lowest BCUT2D eigenvalue weighted by atomic mass is 9.91. The summed E-state index contributed by atoms with van der Waals surface area (Å²) in [6, 6.07) is 2.69. The highest BCUT2D eigenvalue weighted by Crippen LogP contribution is 2.47. The predicted molar refractivity (Wildman–Crippen MR) is 70.0 cm³/mol. The third kappa shape index (κ3) is 1.67. The molecule has 4 rings (SSSR count). The SMILES string of the molecule is CC1CN2CCCC2CN1C1CC2CCC1C2. The summed E-state index contributed by atoms with van der Waals surface area (Å²) >= 11 is 0. The maximum atomic E-state index is 2.91. The molecule has 0 aromatic carbocycles. The molecule has 2 saturated carbocycles. The Bertz CT molecular complexity index is 303. The summed E-state index contributed by atoms with van der Waals surface area (Å²) in [6.45, 7) is 6.58. The first-order chi connectivity index (χ1) is 8.31. The molecule has 2 nitrogen and oxygen atoms in total. The second-order valence-corrected chi connectivity index (χ2v) is 7.08. The second kappa shape index (κ2) is 3.96. The smallest absolute Gasteiger partial charge is 0.0224 e. The van der Waals surface area contributed by atoms with Crippen LogP contribution < -0.4 is 0 Å². The lowest BCUT2D eigenvalue weighted by Crippen LogP contribution is -2.58. The van der Waals surface area contributed by atoms with E-state index in [9.17, 15) is 0 Å². The van der Waals surface area contributed by atoms with Crippen molar-refractivity contribution in [2.45, 2.75) is 63.6 Å². The van der Waals surface area contributed by atoms with Gasteiger partial charge in [0.2, 0.25) is 0 Å². The first kappa shape index (κ1) is 10.8. The van der Waals surface area contributed by atoms with E-state index in [0.29, 0.717) is 0 Å². The largest absolute Gasteiger partial charge is 0.298 e. The van der Waals surface area contributed by atoms with Crippen LogP contribution in [0.2, 0.25) is 0 Å². The average molecular weight is 234 g/mol. The van der Waals surface area contributed by atoms with Gasteiger partial charge in [0.1, 0.15) is 0 Å². The monoisotopic (exact) mass is 234 g/mol. The van der Waals surface area contributed by atoms with Crippen LogP contribution in [0.5, 0.6) is 0 Å². The van der Waals surface area contributed by atoms with Crippen molar-refractivity contribution in [1.29, 1.82) is 0 Å². The number of hydrogen-bond donors (Lipinski definition) is 0. The van der Waals surface area contributed by atoms with Crippen LogP contribution in [0.1, 0.15) is 45.4 Å². The number of fused-ring (bicyclic) bond motifs is 3. The molecule has 96 valence electrons. The molecule has 0 amide bonds. The molecular weight excluding hydrogens is 208 g/mol. The number of hydrogen-bond acceptors (Lipinski definition) is 2. The minimum absolute atomic E-state index is 0.814. The highest BCUT2D eigenvalue weighted by Gasteiger charge is 2.46. The Hall–Kier alpha value is -0.0800. The van der Waals surface area contributed by atoms with Gasteiger partial charge in [-0.1, -0.05) is 6.42 Å². The Morgan fingerprint density at radius 2 is 1.94 bits per heavy atom. The topological polar surface area (TPSA) is 6.48 Å². The molecule has 2 heteroatoms. The van der Waals surface area contributed by atoms with E-state index >= 15 is 0 Å². The Morgan fingerprint density at radius 3 is 2.71 bits per heavy atom. The fourth-order valence-electron chi connectivity index (χ4n) is 5.29. The minimum Gasteiger partial charge on any atom is -0.298 e. The van der Waals surface area contributed by atoms with Gasteiger partial charge < -0.3 is 0 Å². The Morgan fingerprint density at radius 1 is 1.00 bits per heavy atom. The van der Waals surface area contributed by atoms with Gasteiger partial charge in [-0.05, 0) is 57.4 Å². The van der Waals surface area contributed by atoms with Gasteiger partial charge in [-0.3, -0.25) is 9.80 Å². The maximum Gasteiger partial charge on any atom is 0.0224 e. The Kier molecular flexibility index (Phi) is 2.52. The van der Waals surface area contributed by atoms with Crippen LogP contribution in [0.15, 0.2) is 0 Å². The van der Waals surface area contributed by atoms with E-state index in [1.807, 2.05) is 0 Å². The lowest BCUT2D eigenvalue weighted by Gasteiger charge is -2.47. The van der Waals surface area contributed by atoms with E-state index in [4.69, 9.17) is 0 Å². The molecule has 2 aliphatic heterocycles. The summed E-state index contributed by atoms with van der Waals surface area (Å²) in [5.74, 6) is 2.16. The van der Waals surface area contributed by atoms with Gasteiger partial charge in [0.05, 0.1) is 0 Å². The van der Waals surface area contributed by atoms with Crippen LogP contribution in [0.4, 0.5) is 0 Å². The van der Waals surface area contributed by atoms with E-state index in [1.165, 1.54) is 45.3 Å². The zero-order chi connectivity index (χ0) is 11.4. The normalized spacial score (nSPS) is 51.0. The Balaban J connectivity index is 1.50. The summed E-state index contributed by atoms with van der Waals surface area (Å²) < 4.78 is 0. The van der Waals surface area contributed by atoms with Gasteiger partial charge >= 0.3 is 0 Å². The molecule has 2 bridgehead atoms. The van der Waals surface area contributed by atoms with E-state index < -0.39 is 0 Å². The fourth-order valence-corrected chi connectivity index (χ4v) is 5.29. The van der Waals surface area contributed by atoms with Crippen molar-refractivity contribution < 1.29 is 0 Å². The summed E-state index contributed by atoms with van der Waals surface area (Å²) in [7, 11) is 0. The predicted octanol–water partition coefficient (Wildman–Crippen LogP) is 2.34. The second-order valence-electron chi connectivity index (χ2n) is 7.08. The average Bonchev–Trinajstić information content (AvgIpc) is 3.02. The zero-order valence-corrected chi connectivity index (χ0v) is 11.1. The summed E-state index contributed by atoms with van der Waals surface area (Å²) in [6.07, 6.45) is 9.07. The molecule has 4 aliphatic rings. The fraction of sp³-hybridized carbons (Fsp3) is 1.00. The molecule has 4 fully saturated rings. The molecule has 5 unspecified atom stereocenters. The first-order valence-electron chi connectivity index (χ1n) is 7.81. The van der Waals surface area contributed by atoms with Crippen LogP contribution in [0.3, 0.4) is 0 Å². The van der Waals surface area contributed by atoms with Crippen LogP contribution in [0, 0.1) is 11.8 Å². The molecular formula is C15H26N2. The molecule has 5 atom stereocenters. The lowest BCUT2D eigenvalue weighted by molar-refractivity contribution is 0.0101. The number of piperazine rings is 1. The molecule has 0 N–H and O–H groups in total. The highest BCUT2D eigenvalue weighted by molar-refractivity contribution is 5.00. The van der Waals surface area contributed by atoms with E-state index in [0.717, 1.165) is 30.0 Å². The van der Waals surface area contributed by atoms with Gasteiger partial charge in [-0.2, -0.15) is 0 Å². The molecule has 0 radical (unpaired) electrons. The molecule has 0 spiro atoms. The highest BCUT2D eigenvalue weighted by atomic mass is 15.3. The van der Waals surface area contributed by atoms with Crippen LogP contribution >= 0.6 is 0 Å². The first-order valence-corrected chi connectivity index (χ1v) is 7.81. The maximum absolute atomic E-state index is 2.91. The standard InChI is InChI=1S/C15H26N2/c1-11-9-16-6-2-3-14(16)10-17(11)15-8-12-4-5-13(15)7-12/h11-15H,2-10H2,1H3. The summed E-state index contributed by atoms with van der Waals surface area (Å²) in [5, 5.41) is 0. The van der Waals surface area contributed by atoms with Gasteiger partial charge in [-0.25, -0.2) is 0 Å². The van der Waals surface area contributed by atoms with Crippen molar-refractivity contribution in [2.24, 2.45) is 11.8 Å².